The van der Waals surface area contributed by atoms with Gasteiger partial charge in [-0.15, -0.1) is 0 Å². The van der Waals surface area contributed by atoms with Crippen LogP contribution in [-0.2, 0) is 6.42 Å². The molecule has 106 valence electrons. The quantitative estimate of drug-likeness (QED) is 0.869. The average Bonchev–Trinajstić information content (AvgIpc) is 2.41. The average molecular weight is 360 g/mol. The molecule has 0 aliphatic heterocycles. The molecule has 1 N–H and O–H groups in total. The summed E-state index contributed by atoms with van der Waals surface area (Å²) in [6.45, 7) is 0. The maximum atomic E-state index is 13.0. The van der Waals surface area contributed by atoms with Crippen LogP contribution in [0.5, 0.6) is 5.75 Å². The third kappa shape index (κ3) is 3.51. The number of halogens is 3. The zero-order chi connectivity index (χ0) is 14.7. The normalized spacial score (nSPS) is 12.2. The summed E-state index contributed by atoms with van der Waals surface area (Å²) in [6, 6.07) is 9.46. The molecule has 5 heteroatoms. The summed E-state index contributed by atoms with van der Waals surface area (Å²) >= 11 is 9.18. The second-order valence-electron chi connectivity index (χ2n) is 4.34. The summed E-state index contributed by atoms with van der Waals surface area (Å²) in [5.74, 6) is 0.211. The van der Waals surface area contributed by atoms with Gasteiger partial charge in [-0.3, -0.25) is 0 Å². The van der Waals surface area contributed by atoms with Gasteiger partial charge in [0.2, 0.25) is 0 Å². The second kappa shape index (κ2) is 6.57. The highest BCUT2D eigenvalue weighted by Crippen LogP contribution is 2.31. The van der Waals surface area contributed by atoms with Crippen LogP contribution in [0.15, 0.2) is 40.9 Å². The predicted molar refractivity (Wildman–Crippen MR) is 80.8 cm³/mol. The SMILES string of the molecule is COc1cc(Cl)ccc1C(O)Cc1ccc(F)cc1Br. The lowest BCUT2D eigenvalue weighted by atomic mass is 10.0. The van der Waals surface area contributed by atoms with Crippen LogP contribution < -0.4 is 4.74 Å². The molecule has 0 saturated carbocycles. The maximum absolute atomic E-state index is 13.0. The number of aliphatic hydroxyl groups excluding tert-OH is 1. The topological polar surface area (TPSA) is 29.5 Å². The Bertz CT molecular complexity index is 619. The number of hydrogen-bond acceptors (Lipinski definition) is 2. The van der Waals surface area contributed by atoms with Crippen molar-refractivity contribution in [3.63, 3.8) is 0 Å². The molecule has 0 fully saturated rings. The molecule has 2 aromatic rings. The zero-order valence-electron chi connectivity index (χ0n) is 10.7. The number of ether oxygens (including phenoxy) is 1. The summed E-state index contributed by atoms with van der Waals surface area (Å²) in [4.78, 5) is 0. The van der Waals surface area contributed by atoms with Gasteiger partial charge in [0.1, 0.15) is 11.6 Å². The molecule has 0 aliphatic carbocycles. The van der Waals surface area contributed by atoms with Crippen molar-refractivity contribution < 1.29 is 14.2 Å². The first kappa shape index (κ1) is 15.3. The van der Waals surface area contributed by atoms with Crippen molar-refractivity contribution in [1.29, 1.82) is 0 Å². The molecule has 0 amide bonds. The molecule has 0 bridgehead atoms. The fraction of sp³-hybridized carbons (Fsp3) is 0.200. The van der Waals surface area contributed by atoms with Gasteiger partial charge in [0, 0.05) is 21.5 Å². The van der Waals surface area contributed by atoms with E-state index in [0.29, 0.717) is 27.2 Å². The van der Waals surface area contributed by atoms with E-state index < -0.39 is 6.10 Å². The lowest BCUT2D eigenvalue weighted by Crippen LogP contribution is -2.05. The Hall–Kier alpha value is -1.10. The predicted octanol–water partition coefficient (Wildman–Crippen LogP) is 4.53. The summed E-state index contributed by atoms with van der Waals surface area (Å²) in [5.41, 5.74) is 1.46. The molecular weight excluding hydrogens is 347 g/mol. The van der Waals surface area contributed by atoms with E-state index in [2.05, 4.69) is 15.9 Å². The van der Waals surface area contributed by atoms with Crippen molar-refractivity contribution in [3.05, 3.63) is 62.8 Å². The molecule has 0 radical (unpaired) electrons. The van der Waals surface area contributed by atoms with Crippen LogP contribution in [0.3, 0.4) is 0 Å². The molecule has 2 nitrogen and oxygen atoms in total. The van der Waals surface area contributed by atoms with E-state index in [0.717, 1.165) is 5.56 Å². The smallest absolute Gasteiger partial charge is 0.126 e. The Morgan fingerprint density at radius 3 is 2.70 bits per heavy atom. The van der Waals surface area contributed by atoms with Gasteiger partial charge >= 0.3 is 0 Å². The molecule has 20 heavy (non-hydrogen) atoms. The fourth-order valence-corrected chi connectivity index (χ4v) is 2.64. The molecule has 0 saturated heterocycles. The van der Waals surface area contributed by atoms with Crippen LogP contribution in [-0.4, -0.2) is 12.2 Å². The maximum Gasteiger partial charge on any atom is 0.126 e. The Morgan fingerprint density at radius 2 is 2.05 bits per heavy atom. The molecule has 0 aliphatic rings. The fourth-order valence-electron chi connectivity index (χ4n) is 1.97. The lowest BCUT2D eigenvalue weighted by Gasteiger charge is -2.16. The Morgan fingerprint density at radius 1 is 1.30 bits per heavy atom. The first-order valence-corrected chi connectivity index (χ1v) is 7.14. The van der Waals surface area contributed by atoms with E-state index in [1.165, 1.54) is 19.2 Å². The van der Waals surface area contributed by atoms with Crippen molar-refractivity contribution in [2.45, 2.75) is 12.5 Å². The van der Waals surface area contributed by atoms with Gasteiger partial charge in [-0.05, 0) is 29.8 Å². The molecule has 1 unspecified atom stereocenters. The van der Waals surface area contributed by atoms with Crippen molar-refractivity contribution >= 4 is 27.5 Å². The summed E-state index contributed by atoms with van der Waals surface area (Å²) < 4.78 is 18.9. The highest BCUT2D eigenvalue weighted by molar-refractivity contribution is 9.10. The number of aliphatic hydroxyl groups is 1. The number of benzene rings is 2. The third-order valence-corrected chi connectivity index (χ3v) is 3.96. The molecule has 2 aromatic carbocycles. The molecule has 0 spiro atoms. The highest BCUT2D eigenvalue weighted by Gasteiger charge is 2.16. The molecular formula is C15H13BrClFO2. The van der Waals surface area contributed by atoms with E-state index in [1.807, 2.05) is 0 Å². The van der Waals surface area contributed by atoms with Gasteiger partial charge in [-0.2, -0.15) is 0 Å². The Labute approximate surface area is 130 Å². The van der Waals surface area contributed by atoms with Gasteiger partial charge in [-0.25, -0.2) is 4.39 Å². The van der Waals surface area contributed by atoms with Gasteiger partial charge in [-0.1, -0.05) is 39.7 Å². The summed E-state index contributed by atoms with van der Waals surface area (Å²) in [5, 5.41) is 10.9. The lowest BCUT2D eigenvalue weighted by molar-refractivity contribution is 0.174. The van der Waals surface area contributed by atoms with Gasteiger partial charge in [0.25, 0.3) is 0 Å². The molecule has 0 aromatic heterocycles. The third-order valence-electron chi connectivity index (χ3n) is 2.98. The van der Waals surface area contributed by atoms with Crippen molar-refractivity contribution in [2.75, 3.05) is 7.11 Å². The van der Waals surface area contributed by atoms with Crippen molar-refractivity contribution in [3.8, 4) is 5.75 Å². The molecule has 2 rings (SSSR count). The second-order valence-corrected chi connectivity index (χ2v) is 5.63. The van der Waals surface area contributed by atoms with Crippen LogP contribution in [0.4, 0.5) is 4.39 Å². The first-order chi connectivity index (χ1) is 9.51. The van der Waals surface area contributed by atoms with Crippen LogP contribution in [0.2, 0.25) is 5.02 Å². The minimum Gasteiger partial charge on any atom is -0.496 e. The van der Waals surface area contributed by atoms with Crippen LogP contribution >= 0.6 is 27.5 Å². The molecule has 1 atom stereocenters. The van der Waals surface area contributed by atoms with E-state index in [4.69, 9.17) is 16.3 Å². The minimum atomic E-state index is -0.760. The first-order valence-electron chi connectivity index (χ1n) is 5.96. The van der Waals surface area contributed by atoms with E-state index >= 15 is 0 Å². The van der Waals surface area contributed by atoms with Crippen molar-refractivity contribution in [1.82, 2.24) is 0 Å². The number of methoxy groups -OCH3 is 1. The largest absolute Gasteiger partial charge is 0.496 e. The van der Waals surface area contributed by atoms with Gasteiger partial charge in [0.15, 0.2) is 0 Å². The monoisotopic (exact) mass is 358 g/mol. The summed E-state index contributed by atoms with van der Waals surface area (Å²) in [7, 11) is 1.52. The zero-order valence-corrected chi connectivity index (χ0v) is 13.1. The van der Waals surface area contributed by atoms with Gasteiger partial charge in [0.05, 0.1) is 13.2 Å². The van der Waals surface area contributed by atoms with Crippen molar-refractivity contribution in [2.24, 2.45) is 0 Å². The minimum absolute atomic E-state index is 0.320. The Kier molecular flexibility index (Phi) is 5.02. The van der Waals surface area contributed by atoms with Crippen LogP contribution in [0.25, 0.3) is 0 Å². The molecule has 0 heterocycles. The van der Waals surface area contributed by atoms with Crippen LogP contribution in [0, 0.1) is 5.82 Å². The number of hydrogen-bond donors (Lipinski definition) is 1. The van der Waals surface area contributed by atoms with Crippen LogP contribution in [0.1, 0.15) is 17.2 Å². The van der Waals surface area contributed by atoms with E-state index in [-0.39, 0.29) is 5.82 Å². The Balaban J connectivity index is 2.25. The standard InChI is InChI=1S/C15H13BrClFO2/c1-20-15-7-10(17)3-5-12(15)14(19)6-9-2-4-11(18)8-13(9)16/h2-5,7-8,14,19H,6H2,1H3. The summed E-state index contributed by atoms with van der Waals surface area (Å²) in [6.07, 6.45) is -0.414. The van der Waals surface area contributed by atoms with E-state index in [9.17, 15) is 9.50 Å². The number of rotatable bonds is 4. The van der Waals surface area contributed by atoms with E-state index in [1.54, 1.807) is 24.3 Å². The highest BCUT2D eigenvalue weighted by atomic mass is 79.9. The van der Waals surface area contributed by atoms with Gasteiger partial charge < -0.3 is 9.84 Å².